The lowest BCUT2D eigenvalue weighted by atomic mass is 9.46. The second-order valence-electron chi connectivity index (χ2n) is 12.6. The van der Waals surface area contributed by atoms with Crippen LogP contribution in [-0.2, 0) is 14.3 Å². The SMILES string of the molecule is CCOC(=O)c1cccc(NC(=O)OC2CCC3(C)C(CC(=O)N4CCC(C)CC4)C(O)CCC3C2(C)CO)c1. The zero-order valence-corrected chi connectivity index (χ0v) is 24.4. The summed E-state index contributed by atoms with van der Waals surface area (Å²) in [5.41, 5.74) is -0.376. The van der Waals surface area contributed by atoms with Crippen LogP contribution in [-0.4, -0.2) is 71.6 Å². The van der Waals surface area contributed by atoms with E-state index in [9.17, 15) is 24.6 Å². The van der Waals surface area contributed by atoms with E-state index in [1.165, 1.54) is 6.07 Å². The van der Waals surface area contributed by atoms with Crippen molar-refractivity contribution in [3.63, 3.8) is 0 Å². The smallest absolute Gasteiger partial charge is 0.411 e. The first kappa shape index (κ1) is 30.3. The number of hydrogen-bond acceptors (Lipinski definition) is 7. The highest BCUT2D eigenvalue weighted by Gasteiger charge is 2.60. The van der Waals surface area contributed by atoms with Crippen molar-refractivity contribution in [1.82, 2.24) is 4.90 Å². The molecule has 3 N–H and O–H groups in total. The molecule has 1 heterocycles. The largest absolute Gasteiger partial charge is 0.462 e. The lowest BCUT2D eigenvalue weighted by Gasteiger charge is -2.60. The van der Waals surface area contributed by atoms with Crippen LogP contribution in [0.2, 0.25) is 0 Å². The van der Waals surface area contributed by atoms with Gasteiger partial charge in [-0.05, 0) is 86.8 Å². The molecule has 0 spiro atoms. The van der Waals surface area contributed by atoms with Crippen LogP contribution in [0.4, 0.5) is 10.5 Å². The Labute approximate surface area is 237 Å². The van der Waals surface area contributed by atoms with Crippen molar-refractivity contribution >= 4 is 23.7 Å². The molecular weight excluding hydrogens is 512 g/mol. The van der Waals surface area contributed by atoms with Crippen LogP contribution in [0.15, 0.2) is 24.3 Å². The summed E-state index contributed by atoms with van der Waals surface area (Å²) in [4.78, 5) is 40.3. The fraction of sp³-hybridized carbons (Fsp3) is 0.710. The van der Waals surface area contributed by atoms with Gasteiger partial charge in [0.2, 0.25) is 5.91 Å². The Morgan fingerprint density at radius 1 is 1.10 bits per heavy atom. The zero-order chi connectivity index (χ0) is 29.1. The predicted octanol–water partition coefficient (Wildman–Crippen LogP) is 4.61. The van der Waals surface area contributed by atoms with Gasteiger partial charge in [0.15, 0.2) is 0 Å². The van der Waals surface area contributed by atoms with Crippen LogP contribution in [0.25, 0.3) is 0 Å². The van der Waals surface area contributed by atoms with Gasteiger partial charge >= 0.3 is 12.1 Å². The summed E-state index contributed by atoms with van der Waals surface area (Å²) in [5.74, 6) is 0.00809. The summed E-state index contributed by atoms with van der Waals surface area (Å²) in [6.45, 7) is 9.66. The van der Waals surface area contributed by atoms with Crippen LogP contribution < -0.4 is 5.32 Å². The Balaban J connectivity index is 1.46. The first-order valence-electron chi connectivity index (χ1n) is 14.8. The van der Waals surface area contributed by atoms with E-state index >= 15 is 0 Å². The Bertz CT molecular complexity index is 1070. The van der Waals surface area contributed by atoms with Crippen molar-refractivity contribution in [3.05, 3.63) is 29.8 Å². The molecule has 4 rings (SSSR count). The fourth-order valence-electron chi connectivity index (χ4n) is 7.57. The highest BCUT2D eigenvalue weighted by molar-refractivity contribution is 5.92. The maximum Gasteiger partial charge on any atom is 0.411 e. The number of amides is 2. The summed E-state index contributed by atoms with van der Waals surface area (Å²) in [6, 6.07) is 6.48. The standard InChI is InChI=1S/C31H46N2O7/c1-5-39-28(37)21-7-6-8-22(17-21)32-29(38)40-26-11-14-30(3)23(18-27(36)33-15-12-20(2)13-16-33)24(35)9-10-25(30)31(26,4)19-34/h6-8,17,20,23-26,34-35H,5,9-16,18-19H2,1-4H3,(H,32,38). The zero-order valence-electron chi connectivity index (χ0n) is 24.4. The Morgan fingerprint density at radius 2 is 1.82 bits per heavy atom. The van der Waals surface area contributed by atoms with Gasteiger partial charge in [-0.2, -0.15) is 0 Å². The van der Waals surface area contributed by atoms with Gasteiger partial charge in [-0.25, -0.2) is 9.59 Å². The molecule has 3 aliphatic rings. The third kappa shape index (κ3) is 6.15. The van der Waals surface area contributed by atoms with E-state index < -0.39 is 29.7 Å². The minimum absolute atomic E-state index is 0.0359. The highest BCUT2D eigenvalue weighted by atomic mass is 16.6. The molecule has 2 amide bonds. The predicted molar refractivity (Wildman–Crippen MR) is 151 cm³/mol. The van der Waals surface area contributed by atoms with Crippen molar-refractivity contribution in [3.8, 4) is 0 Å². The molecule has 40 heavy (non-hydrogen) atoms. The summed E-state index contributed by atoms with van der Waals surface area (Å²) in [7, 11) is 0. The molecular formula is C31H46N2O7. The number of ether oxygens (including phenoxy) is 2. The van der Waals surface area contributed by atoms with Crippen molar-refractivity contribution in [2.24, 2.45) is 28.6 Å². The number of aliphatic hydroxyl groups is 2. The number of likely N-dealkylation sites (tertiary alicyclic amines) is 1. The number of rotatable bonds is 7. The monoisotopic (exact) mass is 558 g/mol. The van der Waals surface area contributed by atoms with Crippen LogP contribution in [0, 0.1) is 28.6 Å². The van der Waals surface area contributed by atoms with E-state index in [0.717, 1.165) is 25.9 Å². The normalized spacial score (nSPS) is 32.6. The third-order valence-electron chi connectivity index (χ3n) is 10.1. The van der Waals surface area contributed by atoms with E-state index in [1.54, 1.807) is 25.1 Å². The van der Waals surface area contributed by atoms with Gasteiger partial charge in [-0.15, -0.1) is 0 Å². The number of nitrogens with zero attached hydrogens (tertiary/aromatic N) is 1. The molecule has 1 aromatic carbocycles. The van der Waals surface area contributed by atoms with E-state index in [4.69, 9.17) is 9.47 Å². The second-order valence-corrected chi connectivity index (χ2v) is 12.6. The van der Waals surface area contributed by atoms with Crippen LogP contribution in [0.5, 0.6) is 0 Å². The number of carbonyl (C=O) groups excluding carboxylic acids is 3. The molecule has 0 aromatic heterocycles. The number of nitrogens with one attached hydrogen (secondary N) is 1. The molecule has 1 aromatic rings. The maximum absolute atomic E-state index is 13.3. The summed E-state index contributed by atoms with van der Waals surface area (Å²) in [5, 5.41) is 24.5. The Morgan fingerprint density at radius 3 is 2.50 bits per heavy atom. The molecule has 6 atom stereocenters. The number of esters is 1. The molecule has 0 bridgehead atoms. The topological polar surface area (TPSA) is 125 Å². The first-order valence-corrected chi connectivity index (χ1v) is 14.8. The van der Waals surface area contributed by atoms with Crippen LogP contribution in [0.1, 0.15) is 83.0 Å². The van der Waals surface area contributed by atoms with Gasteiger partial charge < -0.3 is 24.6 Å². The van der Waals surface area contributed by atoms with E-state index in [2.05, 4.69) is 19.2 Å². The van der Waals surface area contributed by atoms with Gasteiger partial charge in [-0.1, -0.05) is 26.8 Å². The molecule has 2 aliphatic carbocycles. The second kappa shape index (κ2) is 12.5. The van der Waals surface area contributed by atoms with Crippen molar-refractivity contribution < 1.29 is 34.1 Å². The van der Waals surface area contributed by atoms with Crippen LogP contribution in [0.3, 0.4) is 0 Å². The molecule has 1 aliphatic heterocycles. The number of benzene rings is 1. The van der Waals surface area contributed by atoms with Gasteiger partial charge in [0.05, 0.1) is 24.9 Å². The molecule has 0 radical (unpaired) electrons. The number of carbonyl (C=O) groups is 3. The molecule has 3 fully saturated rings. The van der Waals surface area contributed by atoms with Gasteiger partial charge in [-0.3, -0.25) is 10.1 Å². The number of hydrogen-bond donors (Lipinski definition) is 3. The minimum Gasteiger partial charge on any atom is -0.462 e. The average Bonchev–Trinajstić information content (AvgIpc) is 2.93. The highest BCUT2D eigenvalue weighted by Crippen LogP contribution is 2.61. The third-order valence-corrected chi connectivity index (χ3v) is 10.1. The van der Waals surface area contributed by atoms with Crippen molar-refractivity contribution in [2.45, 2.75) is 84.8 Å². The summed E-state index contributed by atoms with van der Waals surface area (Å²) >= 11 is 0. The molecule has 1 saturated heterocycles. The van der Waals surface area contributed by atoms with Crippen molar-refractivity contribution in [1.29, 1.82) is 0 Å². The van der Waals surface area contributed by atoms with E-state index in [1.807, 2.05) is 11.8 Å². The Hall–Kier alpha value is -2.65. The summed E-state index contributed by atoms with van der Waals surface area (Å²) < 4.78 is 11.0. The number of piperidine rings is 1. The van der Waals surface area contributed by atoms with Gasteiger partial charge in [0.25, 0.3) is 0 Å². The lowest BCUT2D eigenvalue weighted by molar-refractivity contribution is -0.186. The molecule has 9 heteroatoms. The van der Waals surface area contributed by atoms with Gasteiger partial charge in [0, 0.05) is 30.6 Å². The van der Waals surface area contributed by atoms with E-state index in [-0.39, 0.29) is 36.4 Å². The number of aliphatic hydroxyl groups excluding tert-OH is 2. The molecule has 222 valence electrons. The Kier molecular flexibility index (Phi) is 9.45. The lowest BCUT2D eigenvalue weighted by Crippen LogP contribution is -2.61. The first-order chi connectivity index (χ1) is 19.0. The minimum atomic E-state index is -0.737. The molecule has 6 unspecified atom stereocenters. The average molecular weight is 559 g/mol. The van der Waals surface area contributed by atoms with Gasteiger partial charge in [0.1, 0.15) is 6.10 Å². The number of anilines is 1. The van der Waals surface area contributed by atoms with E-state index in [0.29, 0.717) is 49.3 Å². The molecule has 2 saturated carbocycles. The number of fused-ring (bicyclic) bond motifs is 1. The molecule has 9 nitrogen and oxygen atoms in total. The fourth-order valence-corrected chi connectivity index (χ4v) is 7.57. The quantitative estimate of drug-likeness (QED) is 0.417. The summed E-state index contributed by atoms with van der Waals surface area (Å²) in [6.07, 6.45) is 2.96. The van der Waals surface area contributed by atoms with Crippen molar-refractivity contribution in [2.75, 3.05) is 31.6 Å². The van der Waals surface area contributed by atoms with Crippen LogP contribution >= 0.6 is 0 Å². The maximum atomic E-state index is 13.3.